The highest BCUT2D eigenvalue weighted by Gasteiger charge is 2.29. The number of fused-ring (bicyclic) bond motifs is 1. The molecule has 3 aromatic rings. The Balaban J connectivity index is 1.50. The number of anilines is 3. The van der Waals surface area contributed by atoms with Crippen LogP contribution in [0, 0.1) is 0 Å². The van der Waals surface area contributed by atoms with Gasteiger partial charge in [-0.2, -0.15) is 0 Å². The summed E-state index contributed by atoms with van der Waals surface area (Å²) in [4.78, 5) is 9.10. The highest BCUT2D eigenvalue weighted by molar-refractivity contribution is 5.79. The van der Waals surface area contributed by atoms with Gasteiger partial charge < -0.3 is 16.2 Å². The molecule has 0 atom stereocenters. The minimum atomic E-state index is -0.650. The second kappa shape index (κ2) is 8.85. The van der Waals surface area contributed by atoms with Gasteiger partial charge in [-0.05, 0) is 48.7 Å². The lowest BCUT2D eigenvalue weighted by Gasteiger charge is -2.32. The average Bonchev–Trinajstić information content (AvgIpc) is 2.77. The molecule has 0 bridgehead atoms. The molecular weight excluding hydrogens is 376 g/mol. The van der Waals surface area contributed by atoms with E-state index in [1.54, 1.807) is 6.20 Å². The predicted molar refractivity (Wildman–Crippen MR) is 122 cm³/mol. The van der Waals surface area contributed by atoms with Crippen LogP contribution in [0.5, 0.6) is 0 Å². The first kappa shape index (κ1) is 20.4. The Bertz CT molecular complexity index is 1000. The monoisotopic (exact) mass is 406 g/mol. The van der Waals surface area contributed by atoms with E-state index >= 15 is 0 Å². The Morgan fingerprint density at radius 3 is 2.77 bits per heavy atom. The Labute approximate surface area is 177 Å². The maximum atomic E-state index is 10.8. The van der Waals surface area contributed by atoms with Gasteiger partial charge in [0.1, 0.15) is 5.82 Å². The molecule has 7 nitrogen and oxygen atoms in total. The van der Waals surface area contributed by atoms with Crippen molar-refractivity contribution in [3.63, 3.8) is 0 Å². The zero-order valence-electron chi connectivity index (χ0n) is 17.4. The maximum absolute atomic E-state index is 10.8. The molecule has 0 radical (unpaired) electrons. The van der Waals surface area contributed by atoms with E-state index in [2.05, 4.69) is 33.9 Å². The van der Waals surface area contributed by atoms with E-state index in [0.717, 1.165) is 42.1 Å². The number of hydrogen-bond acceptors (Lipinski definition) is 7. The minimum Gasteiger partial charge on any atom is -0.396 e. The van der Waals surface area contributed by atoms with Crippen LogP contribution in [-0.4, -0.2) is 34.3 Å². The van der Waals surface area contributed by atoms with Crippen molar-refractivity contribution in [2.45, 2.75) is 44.2 Å². The fraction of sp³-hybridized carbons (Fsp3) is 0.391. The summed E-state index contributed by atoms with van der Waals surface area (Å²) in [5.41, 5.74) is 11.5. The van der Waals surface area contributed by atoms with E-state index in [0.29, 0.717) is 30.4 Å². The molecule has 2 heterocycles. The molecule has 0 amide bonds. The Morgan fingerprint density at radius 2 is 1.97 bits per heavy atom. The molecule has 0 saturated heterocycles. The lowest BCUT2D eigenvalue weighted by Crippen LogP contribution is -2.39. The SMILES string of the molecule is CNN(Cc1ccc2ncccc2c1)c1nc(NCC2(O)CCCCC2)ccc1N. The number of nitrogen functional groups attached to an aromatic ring is 1. The van der Waals surface area contributed by atoms with Crippen molar-refractivity contribution < 1.29 is 5.11 Å². The van der Waals surface area contributed by atoms with Crippen LogP contribution >= 0.6 is 0 Å². The largest absolute Gasteiger partial charge is 0.396 e. The molecule has 1 aliphatic rings. The summed E-state index contributed by atoms with van der Waals surface area (Å²) in [6.45, 7) is 1.10. The van der Waals surface area contributed by atoms with E-state index in [-0.39, 0.29) is 0 Å². The molecule has 4 rings (SSSR count). The molecule has 0 aliphatic heterocycles. The summed E-state index contributed by atoms with van der Waals surface area (Å²) in [7, 11) is 1.86. The third-order valence-electron chi connectivity index (χ3n) is 5.82. The van der Waals surface area contributed by atoms with Crippen LogP contribution in [-0.2, 0) is 6.54 Å². The van der Waals surface area contributed by atoms with Crippen LogP contribution < -0.4 is 21.5 Å². The van der Waals surface area contributed by atoms with Crippen molar-refractivity contribution in [1.29, 1.82) is 0 Å². The summed E-state index contributed by atoms with van der Waals surface area (Å²) in [5, 5.41) is 17.1. The molecule has 30 heavy (non-hydrogen) atoms. The van der Waals surface area contributed by atoms with E-state index in [1.807, 2.05) is 36.3 Å². The van der Waals surface area contributed by atoms with Gasteiger partial charge in [-0.15, -0.1) is 0 Å². The number of rotatable bonds is 7. The number of hydrazine groups is 1. The summed E-state index contributed by atoms with van der Waals surface area (Å²) in [6.07, 6.45) is 6.83. The Morgan fingerprint density at radius 1 is 1.13 bits per heavy atom. The zero-order valence-corrected chi connectivity index (χ0v) is 17.4. The number of nitrogens with one attached hydrogen (secondary N) is 2. The topological polar surface area (TPSA) is 99.3 Å². The van der Waals surface area contributed by atoms with Crippen molar-refractivity contribution in [3.05, 3.63) is 54.2 Å². The highest BCUT2D eigenvalue weighted by atomic mass is 16.3. The first-order chi connectivity index (χ1) is 14.6. The van der Waals surface area contributed by atoms with Crippen molar-refractivity contribution in [2.75, 3.05) is 29.7 Å². The van der Waals surface area contributed by atoms with Gasteiger partial charge in [0.25, 0.3) is 0 Å². The lowest BCUT2D eigenvalue weighted by atomic mass is 9.85. The zero-order chi connectivity index (χ0) is 21.0. The summed E-state index contributed by atoms with van der Waals surface area (Å²) in [5.74, 6) is 1.37. The molecule has 2 aromatic heterocycles. The van der Waals surface area contributed by atoms with Crippen LogP contribution in [0.1, 0.15) is 37.7 Å². The third-order valence-corrected chi connectivity index (χ3v) is 5.82. The van der Waals surface area contributed by atoms with Crippen molar-refractivity contribution >= 4 is 28.2 Å². The molecule has 1 aliphatic carbocycles. The summed E-state index contributed by atoms with van der Waals surface area (Å²) < 4.78 is 0. The van der Waals surface area contributed by atoms with Gasteiger partial charge in [0, 0.05) is 25.2 Å². The summed E-state index contributed by atoms with van der Waals surface area (Å²) in [6, 6.07) is 13.9. The number of pyridine rings is 2. The van der Waals surface area contributed by atoms with Gasteiger partial charge in [0.2, 0.25) is 0 Å². The number of nitrogens with two attached hydrogens (primary N) is 1. The van der Waals surface area contributed by atoms with E-state index in [4.69, 9.17) is 10.7 Å². The van der Waals surface area contributed by atoms with Gasteiger partial charge in [-0.1, -0.05) is 31.4 Å². The molecule has 0 spiro atoms. The second-order valence-corrected chi connectivity index (χ2v) is 8.09. The van der Waals surface area contributed by atoms with Crippen molar-refractivity contribution in [2.24, 2.45) is 0 Å². The molecule has 0 unspecified atom stereocenters. The van der Waals surface area contributed by atoms with Crippen LogP contribution in [0.4, 0.5) is 17.3 Å². The number of aliphatic hydroxyl groups is 1. The molecule has 1 fully saturated rings. The molecule has 5 N–H and O–H groups in total. The highest BCUT2D eigenvalue weighted by Crippen LogP contribution is 2.29. The van der Waals surface area contributed by atoms with Crippen molar-refractivity contribution in [1.82, 2.24) is 15.4 Å². The smallest absolute Gasteiger partial charge is 0.168 e. The van der Waals surface area contributed by atoms with Crippen LogP contribution in [0.25, 0.3) is 10.9 Å². The van der Waals surface area contributed by atoms with Gasteiger partial charge in [-0.3, -0.25) is 9.99 Å². The normalized spacial score (nSPS) is 15.8. The second-order valence-electron chi connectivity index (χ2n) is 8.09. The number of aromatic nitrogens is 2. The molecule has 1 saturated carbocycles. The van der Waals surface area contributed by atoms with Crippen LogP contribution in [0.3, 0.4) is 0 Å². The van der Waals surface area contributed by atoms with E-state index in [1.165, 1.54) is 6.42 Å². The molecule has 7 heteroatoms. The molecule has 1 aromatic carbocycles. The van der Waals surface area contributed by atoms with Gasteiger partial charge in [0.05, 0.1) is 23.3 Å². The quantitative estimate of drug-likeness (QED) is 0.446. The van der Waals surface area contributed by atoms with Gasteiger partial charge in [0.15, 0.2) is 5.82 Å². The Hall–Kier alpha value is -2.90. The fourth-order valence-electron chi connectivity index (χ4n) is 4.08. The number of hydrogen-bond donors (Lipinski definition) is 4. The fourth-order valence-corrected chi connectivity index (χ4v) is 4.08. The average molecular weight is 407 g/mol. The molecular formula is C23H30N6O. The van der Waals surface area contributed by atoms with Crippen LogP contribution in [0.15, 0.2) is 48.7 Å². The first-order valence-corrected chi connectivity index (χ1v) is 10.6. The summed E-state index contributed by atoms with van der Waals surface area (Å²) >= 11 is 0. The third kappa shape index (κ3) is 4.63. The van der Waals surface area contributed by atoms with Gasteiger partial charge >= 0.3 is 0 Å². The van der Waals surface area contributed by atoms with E-state index < -0.39 is 5.60 Å². The number of benzene rings is 1. The maximum Gasteiger partial charge on any atom is 0.168 e. The molecule has 158 valence electrons. The minimum absolute atomic E-state index is 0.501. The van der Waals surface area contributed by atoms with E-state index in [9.17, 15) is 5.11 Å². The van der Waals surface area contributed by atoms with Crippen LogP contribution in [0.2, 0.25) is 0 Å². The predicted octanol–water partition coefficient (Wildman–Crippen LogP) is 3.46. The Kier molecular flexibility index (Phi) is 6.01. The first-order valence-electron chi connectivity index (χ1n) is 10.6. The lowest BCUT2D eigenvalue weighted by molar-refractivity contribution is 0.0166. The standard InChI is InChI=1S/C23H30N6O/c1-25-29(15-17-7-9-20-18(14-17)6-5-13-26-20)22-19(24)8-10-21(28-22)27-16-23(30)11-3-2-4-12-23/h5-10,13-14,25,30H,2-4,11-12,15-16,24H2,1H3,(H,27,28). The van der Waals surface area contributed by atoms with Crippen molar-refractivity contribution in [3.8, 4) is 0 Å². The van der Waals surface area contributed by atoms with Gasteiger partial charge in [-0.25, -0.2) is 10.4 Å². The number of nitrogens with zero attached hydrogens (tertiary/aromatic N) is 3.